The lowest BCUT2D eigenvalue weighted by Gasteiger charge is -2.06. The fourth-order valence-corrected chi connectivity index (χ4v) is 1.73. The van der Waals surface area contributed by atoms with Gasteiger partial charge in [0.1, 0.15) is 5.82 Å². The number of nitrogens with zero attached hydrogens (tertiary/aromatic N) is 1. The van der Waals surface area contributed by atoms with Crippen molar-refractivity contribution in [1.82, 2.24) is 0 Å². The number of non-ortho nitro benzene ring substituents is 1. The van der Waals surface area contributed by atoms with E-state index in [1.807, 2.05) is 0 Å². The summed E-state index contributed by atoms with van der Waals surface area (Å²) in [6.07, 6.45) is 0. The van der Waals surface area contributed by atoms with Crippen LogP contribution < -0.4 is 0 Å². The molecule has 1 N–H and O–H groups in total. The highest BCUT2D eigenvalue weighted by Gasteiger charge is 2.16. The van der Waals surface area contributed by atoms with Crippen LogP contribution in [-0.2, 0) is 0 Å². The van der Waals surface area contributed by atoms with Gasteiger partial charge >= 0.3 is 5.97 Å². The molecule has 0 aromatic heterocycles. The number of carboxylic acid groups (broad SMARTS) is 1. The van der Waals surface area contributed by atoms with Crippen LogP contribution in [-0.4, -0.2) is 16.0 Å². The summed E-state index contributed by atoms with van der Waals surface area (Å²) in [6.45, 7) is 0. The Bertz CT molecular complexity index is 669. The van der Waals surface area contributed by atoms with Gasteiger partial charge in [0.05, 0.1) is 10.5 Å². The third kappa shape index (κ3) is 2.57. The maximum Gasteiger partial charge on any atom is 0.336 e. The minimum atomic E-state index is -1.23. The molecular weight excluding hydrogens is 253 g/mol. The molecule has 0 saturated heterocycles. The summed E-state index contributed by atoms with van der Waals surface area (Å²) < 4.78 is 13.2. The summed E-state index contributed by atoms with van der Waals surface area (Å²) in [4.78, 5) is 21.2. The zero-order valence-electron chi connectivity index (χ0n) is 9.54. The first-order valence-electron chi connectivity index (χ1n) is 5.26. The SMILES string of the molecule is O=C(O)c1ccc([N+](=O)[O-])cc1-c1cccc(F)c1. The average Bonchev–Trinajstić information content (AvgIpc) is 2.37. The first-order chi connectivity index (χ1) is 8.99. The molecule has 0 fully saturated rings. The molecule has 0 heterocycles. The van der Waals surface area contributed by atoms with Crippen molar-refractivity contribution in [2.45, 2.75) is 0 Å². The molecule has 0 atom stereocenters. The van der Waals surface area contributed by atoms with Crippen LogP contribution in [0.3, 0.4) is 0 Å². The van der Waals surface area contributed by atoms with Gasteiger partial charge in [0, 0.05) is 17.7 Å². The highest BCUT2D eigenvalue weighted by Crippen LogP contribution is 2.28. The van der Waals surface area contributed by atoms with Crippen LogP contribution in [0.4, 0.5) is 10.1 Å². The summed E-state index contributed by atoms with van der Waals surface area (Å²) in [7, 11) is 0. The number of hydrogen-bond donors (Lipinski definition) is 1. The third-order valence-corrected chi connectivity index (χ3v) is 2.58. The van der Waals surface area contributed by atoms with E-state index in [9.17, 15) is 19.3 Å². The van der Waals surface area contributed by atoms with E-state index in [4.69, 9.17) is 5.11 Å². The zero-order valence-corrected chi connectivity index (χ0v) is 9.54. The number of halogens is 1. The van der Waals surface area contributed by atoms with Gasteiger partial charge in [-0.25, -0.2) is 9.18 Å². The molecule has 2 rings (SSSR count). The Balaban J connectivity index is 2.67. The lowest BCUT2D eigenvalue weighted by atomic mass is 9.99. The first kappa shape index (κ1) is 12.7. The van der Waals surface area contributed by atoms with Gasteiger partial charge in [-0.05, 0) is 23.8 Å². The van der Waals surface area contributed by atoms with Gasteiger partial charge in [0.25, 0.3) is 5.69 Å². The Morgan fingerprint density at radius 2 is 1.95 bits per heavy atom. The maximum absolute atomic E-state index is 13.2. The molecule has 0 unspecified atom stereocenters. The van der Waals surface area contributed by atoms with Crippen molar-refractivity contribution >= 4 is 11.7 Å². The molecular formula is C13H8FNO4. The predicted octanol–water partition coefficient (Wildman–Crippen LogP) is 3.10. The fourth-order valence-electron chi connectivity index (χ4n) is 1.73. The Morgan fingerprint density at radius 1 is 1.21 bits per heavy atom. The van der Waals surface area contributed by atoms with Gasteiger partial charge in [-0.15, -0.1) is 0 Å². The summed E-state index contributed by atoms with van der Waals surface area (Å²) in [5.41, 5.74) is 0.0303. The van der Waals surface area contributed by atoms with Gasteiger partial charge in [-0.1, -0.05) is 12.1 Å². The van der Waals surface area contributed by atoms with Crippen LogP contribution in [0.2, 0.25) is 0 Å². The minimum absolute atomic E-state index is 0.112. The fraction of sp³-hybridized carbons (Fsp3) is 0. The van der Waals surface area contributed by atoms with Gasteiger partial charge in [0.15, 0.2) is 0 Å². The predicted molar refractivity (Wildman–Crippen MR) is 65.4 cm³/mol. The Hall–Kier alpha value is -2.76. The van der Waals surface area contributed by atoms with Crippen LogP contribution in [0, 0.1) is 15.9 Å². The molecule has 2 aromatic rings. The monoisotopic (exact) mass is 261 g/mol. The summed E-state index contributed by atoms with van der Waals surface area (Å²) in [6, 6.07) is 8.61. The lowest BCUT2D eigenvalue weighted by molar-refractivity contribution is -0.384. The summed E-state index contributed by atoms with van der Waals surface area (Å²) in [5, 5.41) is 19.8. The van der Waals surface area contributed by atoms with Gasteiger partial charge in [-0.3, -0.25) is 10.1 Å². The van der Waals surface area contributed by atoms with Gasteiger partial charge in [-0.2, -0.15) is 0 Å². The quantitative estimate of drug-likeness (QED) is 0.680. The smallest absolute Gasteiger partial charge is 0.336 e. The lowest BCUT2D eigenvalue weighted by Crippen LogP contribution is -2.01. The number of benzene rings is 2. The van der Waals surface area contributed by atoms with E-state index in [2.05, 4.69) is 0 Å². The number of nitro benzene ring substituents is 1. The van der Waals surface area contributed by atoms with E-state index < -0.39 is 16.7 Å². The van der Waals surface area contributed by atoms with E-state index in [0.717, 1.165) is 24.3 Å². The van der Waals surface area contributed by atoms with Gasteiger partial charge < -0.3 is 5.11 Å². The molecule has 5 nitrogen and oxygen atoms in total. The number of rotatable bonds is 3. The first-order valence-corrected chi connectivity index (χ1v) is 5.26. The van der Waals surface area contributed by atoms with Crippen LogP contribution in [0.25, 0.3) is 11.1 Å². The Labute approximate surface area is 107 Å². The molecule has 0 amide bonds. The summed E-state index contributed by atoms with van der Waals surface area (Å²) in [5.74, 6) is -1.77. The van der Waals surface area contributed by atoms with E-state index >= 15 is 0 Å². The van der Waals surface area contributed by atoms with Gasteiger partial charge in [0.2, 0.25) is 0 Å². The molecule has 6 heteroatoms. The molecule has 0 aliphatic rings. The van der Waals surface area contributed by atoms with E-state index in [-0.39, 0.29) is 22.4 Å². The normalized spacial score (nSPS) is 10.2. The second-order valence-corrected chi connectivity index (χ2v) is 3.80. The number of carboxylic acids is 1. The second kappa shape index (κ2) is 4.85. The van der Waals surface area contributed by atoms with Crippen molar-refractivity contribution < 1.29 is 19.2 Å². The molecule has 0 aliphatic carbocycles. The van der Waals surface area contributed by atoms with Crippen molar-refractivity contribution in [2.75, 3.05) is 0 Å². The van der Waals surface area contributed by atoms with Crippen molar-refractivity contribution in [3.05, 3.63) is 64.0 Å². The molecule has 0 radical (unpaired) electrons. The van der Waals surface area contributed by atoms with E-state index in [0.29, 0.717) is 0 Å². The number of nitro groups is 1. The van der Waals surface area contributed by atoms with Crippen molar-refractivity contribution in [2.24, 2.45) is 0 Å². The molecule has 96 valence electrons. The van der Waals surface area contributed by atoms with Crippen molar-refractivity contribution in [1.29, 1.82) is 0 Å². The number of aromatic carboxylic acids is 1. The Kier molecular flexibility index (Phi) is 3.24. The molecule has 19 heavy (non-hydrogen) atoms. The largest absolute Gasteiger partial charge is 0.478 e. The number of hydrogen-bond acceptors (Lipinski definition) is 3. The Morgan fingerprint density at radius 3 is 2.53 bits per heavy atom. The standard InChI is InChI=1S/C13H8FNO4/c14-9-3-1-2-8(6-9)12-7-10(15(18)19)4-5-11(12)13(16)17/h1-7H,(H,16,17). The minimum Gasteiger partial charge on any atom is -0.478 e. The van der Waals surface area contributed by atoms with Crippen molar-refractivity contribution in [3.8, 4) is 11.1 Å². The van der Waals surface area contributed by atoms with Crippen LogP contribution in [0.15, 0.2) is 42.5 Å². The van der Waals surface area contributed by atoms with E-state index in [1.54, 1.807) is 0 Å². The molecule has 0 saturated carbocycles. The zero-order chi connectivity index (χ0) is 14.0. The van der Waals surface area contributed by atoms with Crippen molar-refractivity contribution in [3.63, 3.8) is 0 Å². The van der Waals surface area contributed by atoms with E-state index in [1.165, 1.54) is 18.2 Å². The molecule has 0 bridgehead atoms. The highest BCUT2D eigenvalue weighted by atomic mass is 19.1. The molecule has 0 spiro atoms. The van der Waals surface area contributed by atoms with Crippen LogP contribution in [0.1, 0.15) is 10.4 Å². The third-order valence-electron chi connectivity index (χ3n) is 2.58. The molecule has 0 aliphatic heterocycles. The average molecular weight is 261 g/mol. The topological polar surface area (TPSA) is 80.4 Å². The van der Waals surface area contributed by atoms with Crippen LogP contribution in [0.5, 0.6) is 0 Å². The maximum atomic E-state index is 13.2. The van der Waals surface area contributed by atoms with Crippen LogP contribution >= 0.6 is 0 Å². The molecule has 2 aromatic carbocycles. The number of carbonyl (C=O) groups is 1. The second-order valence-electron chi connectivity index (χ2n) is 3.80. The highest BCUT2D eigenvalue weighted by molar-refractivity contribution is 5.96. The summed E-state index contributed by atoms with van der Waals surface area (Å²) >= 11 is 0.